The van der Waals surface area contributed by atoms with Crippen molar-refractivity contribution in [2.75, 3.05) is 13.3 Å². The maximum absolute atomic E-state index is 11.7. The predicted molar refractivity (Wildman–Crippen MR) is 106 cm³/mol. The second kappa shape index (κ2) is 12.2. The summed E-state index contributed by atoms with van der Waals surface area (Å²) >= 11 is 0. The van der Waals surface area contributed by atoms with Crippen LogP contribution in [0.1, 0.15) is 63.9 Å². The third kappa shape index (κ3) is 7.77. The fraction of sp³-hybridized carbons (Fsp3) is 0.500. The molecule has 4 heteroatoms. The second-order valence-corrected chi connectivity index (χ2v) is 6.60. The molecule has 2 rings (SSSR count). The van der Waals surface area contributed by atoms with Crippen LogP contribution >= 0.6 is 0 Å². The Morgan fingerprint density at radius 1 is 1.00 bits per heavy atom. The van der Waals surface area contributed by atoms with Crippen LogP contribution in [0.5, 0.6) is 11.5 Å². The lowest BCUT2D eigenvalue weighted by Gasteiger charge is -2.02. The van der Waals surface area contributed by atoms with Gasteiger partial charge in [-0.3, -0.25) is 4.79 Å². The Kier molecular flexibility index (Phi) is 9.41. The van der Waals surface area contributed by atoms with Crippen molar-refractivity contribution >= 4 is 12.0 Å². The Labute approximate surface area is 157 Å². The van der Waals surface area contributed by atoms with E-state index in [0.29, 0.717) is 0 Å². The molecule has 1 aliphatic heterocycles. The highest BCUT2D eigenvalue weighted by Gasteiger charge is 2.11. The number of hydrogen-bond acceptors (Lipinski definition) is 3. The summed E-state index contributed by atoms with van der Waals surface area (Å²) in [6.45, 7) is 3.27. The number of ether oxygens (including phenoxy) is 2. The van der Waals surface area contributed by atoms with Crippen molar-refractivity contribution in [3.05, 3.63) is 42.0 Å². The molecule has 1 amide bonds. The van der Waals surface area contributed by atoms with E-state index in [0.717, 1.165) is 30.0 Å². The summed E-state index contributed by atoms with van der Waals surface area (Å²) in [5.41, 5.74) is 1.01. The van der Waals surface area contributed by atoms with E-state index < -0.39 is 0 Å². The monoisotopic (exact) mass is 357 g/mol. The van der Waals surface area contributed by atoms with Crippen LogP contribution < -0.4 is 14.8 Å². The number of hydrogen-bond donors (Lipinski definition) is 1. The molecule has 0 saturated heterocycles. The molecule has 0 radical (unpaired) electrons. The fourth-order valence-corrected chi connectivity index (χ4v) is 2.86. The van der Waals surface area contributed by atoms with Crippen molar-refractivity contribution in [2.45, 2.75) is 58.3 Å². The number of fused-ring (bicyclic) bond motifs is 1. The Bertz CT molecular complexity index is 607. The average Bonchev–Trinajstić information content (AvgIpc) is 3.12. The molecule has 1 aliphatic rings. The molecule has 0 fully saturated rings. The van der Waals surface area contributed by atoms with Crippen LogP contribution in [0.15, 0.2) is 36.4 Å². The van der Waals surface area contributed by atoms with Gasteiger partial charge in [-0.1, -0.05) is 76.2 Å². The quantitative estimate of drug-likeness (QED) is 0.316. The molecule has 1 heterocycles. The number of nitrogens with one attached hydrogen (secondary N) is 1. The van der Waals surface area contributed by atoms with Gasteiger partial charge in [-0.15, -0.1) is 0 Å². The molecule has 1 aromatic carbocycles. The van der Waals surface area contributed by atoms with Crippen molar-refractivity contribution in [2.24, 2.45) is 0 Å². The molecule has 0 spiro atoms. The average molecular weight is 357 g/mol. The van der Waals surface area contributed by atoms with Crippen molar-refractivity contribution in [1.82, 2.24) is 5.32 Å². The van der Waals surface area contributed by atoms with Crippen LogP contribution in [0.3, 0.4) is 0 Å². The lowest BCUT2D eigenvalue weighted by atomic mass is 10.1. The number of allylic oxidation sites excluding steroid dienone is 2. The van der Waals surface area contributed by atoms with Crippen LogP contribution in [0.4, 0.5) is 0 Å². The smallest absolute Gasteiger partial charge is 0.243 e. The van der Waals surface area contributed by atoms with Crippen molar-refractivity contribution in [3.8, 4) is 11.5 Å². The summed E-state index contributed by atoms with van der Waals surface area (Å²) in [5.74, 6) is 1.50. The standard InChI is InChI=1S/C22H31NO3/c1-2-3-4-5-6-7-8-11-16-23-22(24)13-10-9-12-19-14-15-20-21(17-19)26-18-25-20/h9-10,12-15,17H,2-8,11,16,18H2,1H3,(H,23,24)/b12-9+,13-10+. The molecule has 1 N–H and O–H groups in total. The van der Waals surface area contributed by atoms with Crippen LogP contribution in [0, 0.1) is 0 Å². The SMILES string of the molecule is CCCCCCCCCCNC(=O)/C=C/C=C/c1ccc2c(c1)OCO2. The molecule has 26 heavy (non-hydrogen) atoms. The summed E-state index contributed by atoms with van der Waals surface area (Å²) in [4.78, 5) is 11.7. The zero-order chi connectivity index (χ0) is 18.5. The van der Waals surface area contributed by atoms with Gasteiger partial charge in [0.2, 0.25) is 12.7 Å². The van der Waals surface area contributed by atoms with Gasteiger partial charge >= 0.3 is 0 Å². The van der Waals surface area contributed by atoms with E-state index in [1.807, 2.05) is 30.4 Å². The Morgan fingerprint density at radius 2 is 1.73 bits per heavy atom. The molecule has 0 aromatic heterocycles. The third-order valence-electron chi connectivity index (χ3n) is 4.37. The summed E-state index contributed by atoms with van der Waals surface area (Å²) < 4.78 is 10.6. The van der Waals surface area contributed by atoms with E-state index in [2.05, 4.69) is 12.2 Å². The van der Waals surface area contributed by atoms with Gasteiger partial charge in [-0.2, -0.15) is 0 Å². The largest absolute Gasteiger partial charge is 0.454 e. The first-order chi connectivity index (χ1) is 12.8. The van der Waals surface area contributed by atoms with Crippen LogP contribution in [-0.2, 0) is 4.79 Å². The van der Waals surface area contributed by atoms with Crippen LogP contribution in [0.2, 0.25) is 0 Å². The normalized spacial score (nSPS) is 13.0. The third-order valence-corrected chi connectivity index (χ3v) is 4.37. The van der Waals surface area contributed by atoms with Gasteiger partial charge in [-0.05, 0) is 24.1 Å². The maximum atomic E-state index is 11.7. The molecule has 0 saturated carbocycles. The molecule has 0 aliphatic carbocycles. The van der Waals surface area contributed by atoms with Gasteiger partial charge in [0, 0.05) is 12.6 Å². The minimum absolute atomic E-state index is 0.0386. The fourth-order valence-electron chi connectivity index (χ4n) is 2.86. The number of carbonyl (C=O) groups excluding carboxylic acids is 1. The molecular formula is C22H31NO3. The molecule has 0 bridgehead atoms. The van der Waals surface area contributed by atoms with Crippen molar-refractivity contribution in [3.63, 3.8) is 0 Å². The Hall–Kier alpha value is -2.23. The molecular weight excluding hydrogens is 326 g/mol. The second-order valence-electron chi connectivity index (χ2n) is 6.60. The van der Waals surface area contributed by atoms with Gasteiger partial charge in [0.15, 0.2) is 11.5 Å². The first-order valence-corrected chi connectivity index (χ1v) is 9.82. The number of unbranched alkanes of at least 4 members (excludes halogenated alkanes) is 7. The van der Waals surface area contributed by atoms with E-state index in [4.69, 9.17) is 9.47 Å². The topological polar surface area (TPSA) is 47.6 Å². The summed E-state index contributed by atoms with van der Waals surface area (Å²) in [6.07, 6.45) is 17.3. The molecule has 0 unspecified atom stereocenters. The summed E-state index contributed by atoms with van der Waals surface area (Å²) in [6, 6.07) is 5.78. The summed E-state index contributed by atoms with van der Waals surface area (Å²) in [5, 5.41) is 2.93. The van der Waals surface area contributed by atoms with E-state index in [9.17, 15) is 4.79 Å². The number of rotatable bonds is 12. The lowest BCUT2D eigenvalue weighted by molar-refractivity contribution is -0.116. The molecule has 1 aromatic rings. The van der Waals surface area contributed by atoms with E-state index in [1.54, 1.807) is 12.2 Å². The van der Waals surface area contributed by atoms with Gasteiger partial charge in [0.05, 0.1) is 0 Å². The number of amides is 1. The van der Waals surface area contributed by atoms with Gasteiger partial charge in [0.25, 0.3) is 0 Å². The molecule has 0 atom stereocenters. The van der Waals surface area contributed by atoms with Gasteiger partial charge in [-0.25, -0.2) is 0 Å². The van der Waals surface area contributed by atoms with Gasteiger partial charge < -0.3 is 14.8 Å². The lowest BCUT2D eigenvalue weighted by Crippen LogP contribution is -2.21. The summed E-state index contributed by atoms with van der Waals surface area (Å²) in [7, 11) is 0. The molecule has 4 nitrogen and oxygen atoms in total. The highest BCUT2D eigenvalue weighted by atomic mass is 16.7. The van der Waals surface area contributed by atoms with E-state index >= 15 is 0 Å². The minimum atomic E-state index is -0.0386. The van der Waals surface area contributed by atoms with Crippen molar-refractivity contribution < 1.29 is 14.3 Å². The van der Waals surface area contributed by atoms with Crippen LogP contribution in [-0.4, -0.2) is 19.2 Å². The molecule has 142 valence electrons. The zero-order valence-electron chi connectivity index (χ0n) is 15.8. The first-order valence-electron chi connectivity index (χ1n) is 9.82. The highest BCUT2D eigenvalue weighted by Crippen LogP contribution is 2.32. The zero-order valence-corrected chi connectivity index (χ0v) is 15.8. The van der Waals surface area contributed by atoms with Gasteiger partial charge in [0.1, 0.15) is 0 Å². The predicted octanol–water partition coefficient (Wildman–Crippen LogP) is 5.24. The van der Waals surface area contributed by atoms with E-state index in [1.165, 1.54) is 44.9 Å². The number of benzene rings is 1. The Balaban J connectivity index is 1.54. The highest BCUT2D eigenvalue weighted by molar-refractivity contribution is 5.87. The number of carbonyl (C=O) groups is 1. The first kappa shape index (κ1) is 20.1. The Morgan fingerprint density at radius 3 is 2.54 bits per heavy atom. The van der Waals surface area contributed by atoms with Crippen LogP contribution in [0.25, 0.3) is 6.08 Å². The minimum Gasteiger partial charge on any atom is -0.454 e. The van der Waals surface area contributed by atoms with E-state index in [-0.39, 0.29) is 12.7 Å². The van der Waals surface area contributed by atoms with Crippen molar-refractivity contribution in [1.29, 1.82) is 0 Å². The maximum Gasteiger partial charge on any atom is 0.243 e.